The van der Waals surface area contributed by atoms with Crippen molar-refractivity contribution in [3.63, 3.8) is 0 Å². The van der Waals surface area contributed by atoms with E-state index in [4.69, 9.17) is 4.74 Å². The highest BCUT2D eigenvalue weighted by atomic mass is 19.1. The van der Waals surface area contributed by atoms with Gasteiger partial charge in [-0.15, -0.1) is 0 Å². The van der Waals surface area contributed by atoms with Gasteiger partial charge < -0.3 is 10.1 Å². The maximum Gasteiger partial charge on any atom is 0.261 e. The number of hydrogen-bond donors (Lipinski definition) is 1. The van der Waals surface area contributed by atoms with E-state index < -0.39 is 11.4 Å². The van der Waals surface area contributed by atoms with Crippen molar-refractivity contribution in [2.75, 3.05) is 0 Å². The first-order valence-electron chi connectivity index (χ1n) is 9.42. The van der Waals surface area contributed by atoms with Crippen molar-refractivity contribution < 1.29 is 18.3 Å². The molecule has 4 rings (SSSR count). The van der Waals surface area contributed by atoms with Gasteiger partial charge in [0.15, 0.2) is 0 Å². The molecule has 4 aromatic rings. The Kier molecular flexibility index (Phi) is 5.70. The molecule has 1 amide bonds. The maximum absolute atomic E-state index is 13.4. The fourth-order valence-corrected chi connectivity index (χ4v) is 2.97. The van der Waals surface area contributed by atoms with E-state index in [1.165, 1.54) is 42.7 Å². The number of rotatable bonds is 6. The fraction of sp³-hybridized carbons (Fsp3) is 0.0870. The molecule has 0 bridgehead atoms. The number of ether oxygens (including phenoxy) is 1. The van der Waals surface area contributed by atoms with E-state index in [-0.39, 0.29) is 30.2 Å². The number of benzene rings is 3. The number of amides is 1. The van der Waals surface area contributed by atoms with Gasteiger partial charge in [0.2, 0.25) is 5.91 Å². The average Bonchev–Trinajstić information content (AvgIpc) is 2.77. The van der Waals surface area contributed by atoms with Gasteiger partial charge in [0.25, 0.3) is 5.56 Å². The Morgan fingerprint density at radius 2 is 1.58 bits per heavy atom. The van der Waals surface area contributed by atoms with Gasteiger partial charge >= 0.3 is 0 Å². The zero-order valence-electron chi connectivity index (χ0n) is 16.2. The largest absolute Gasteiger partial charge is 0.457 e. The van der Waals surface area contributed by atoms with Gasteiger partial charge in [-0.05, 0) is 60.2 Å². The Morgan fingerprint density at radius 3 is 2.29 bits per heavy atom. The summed E-state index contributed by atoms with van der Waals surface area (Å²) in [6.07, 6.45) is 1.27. The van der Waals surface area contributed by atoms with Crippen molar-refractivity contribution in [3.8, 4) is 11.5 Å². The van der Waals surface area contributed by atoms with Crippen LogP contribution in [0.4, 0.5) is 8.78 Å². The van der Waals surface area contributed by atoms with Crippen molar-refractivity contribution in [2.24, 2.45) is 0 Å². The number of aromatic nitrogens is 2. The minimum atomic E-state index is -0.541. The summed E-state index contributed by atoms with van der Waals surface area (Å²) >= 11 is 0. The Bertz CT molecular complexity index is 1290. The quantitative estimate of drug-likeness (QED) is 0.514. The summed E-state index contributed by atoms with van der Waals surface area (Å²) in [4.78, 5) is 28.8. The van der Waals surface area contributed by atoms with Crippen LogP contribution in [0.1, 0.15) is 5.56 Å². The molecule has 1 heterocycles. The van der Waals surface area contributed by atoms with Crippen LogP contribution in [-0.2, 0) is 17.9 Å². The third kappa shape index (κ3) is 4.92. The second kappa shape index (κ2) is 8.74. The van der Waals surface area contributed by atoms with Crippen LogP contribution in [0.2, 0.25) is 0 Å². The summed E-state index contributed by atoms with van der Waals surface area (Å²) in [5.74, 6) is -0.182. The highest BCUT2D eigenvalue weighted by molar-refractivity contribution is 5.79. The lowest BCUT2D eigenvalue weighted by molar-refractivity contribution is -0.121. The average molecular weight is 421 g/mol. The molecule has 0 spiro atoms. The lowest BCUT2D eigenvalue weighted by Gasteiger charge is -2.09. The predicted molar refractivity (Wildman–Crippen MR) is 111 cm³/mol. The summed E-state index contributed by atoms with van der Waals surface area (Å²) in [5.41, 5.74) is 0.707. The van der Waals surface area contributed by atoms with Gasteiger partial charge in [-0.3, -0.25) is 14.2 Å². The van der Waals surface area contributed by atoms with E-state index in [0.717, 1.165) is 16.2 Å². The second-order valence-electron chi connectivity index (χ2n) is 6.82. The van der Waals surface area contributed by atoms with Crippen LogP contribution in [0.25, 0.3) is 10.9 Å². The third-order valence-electron chi connectivity index (χ3n) is 4.56. The van der Waals surface area contributed by atoms with Crippen molar-refractivity contribution in [1.82, 2.24) is 14.9 Å². The van der Waals surface area contributed by atoms with Crippen molar-refractivity contribution in [2.45, 2.75) is 13.1 Å². The van der Waals surface area contributed by atoms with Crippen LogP contribution in [0.5, 0.6) is 11.5 Å². The SMILES string of the molecule is O=C(Cn1cnc2ccc(F)cc2c1=O)NCc1ccc(Oc2ccc(F)cc2)cc1. The van der Waals surface area contributed by atoms with Gasteiger partial charge in [0, 0.05) is 6.54 Å². The van der Waals surface area contributed by atoms with E-state index in [9.17, 15) is 18.4 Å². The van der Waals surface area contributed by atoms with Gasteiger partial charge in [0.05, 0.1) is 17.2 Å². The fourth-order valence-electron chi connectivity index (χ4n) is 2.97. The molecule has 0 radical (unpaired) electrons. The standard InChI is InChI=1S/C23H17F2N3O3/c24-16-3-8-19(9-4-16)31-18-6-1-15(2-7-18)12-26-22(29)13-28-14-27-21-10-5-17(25)11-20(21)23(28)30/h1-11,14H,12-13H2,(H,26,29). The molecule has 8 heteroatoms. The monoisotopic (exact) mass is 421 g/mol. The van der Waals surface area contributed by atoms with Crippen LogP contribution >= 0.6 is 0 Å². The molecule has 3 aromatic carbocycles. The number of nitrogens with one attached hydrogen (secondary N) is 1. The van der Waals surface area contributed by atoms with Crippen LogP contribution in [0, 0.1) is 11.6 Å². The van der Waals surface area contributed by atoms with Gasteiger partial charge in [0.1, 0.15) is 29.7 Å². The van der Waals surface area contributed by atoms with E-state index in [1.54, 1.807) is 24.3 Å². The molecule has 0 saturated carbocycles. The molecular formula is C23H17F2N3O3. The maximum atomic E-state index is 13.4. The first-order valence-corrected chi connectivity index (χ1v) is 9.42. The number of hydrogen-bond acceptors (Lipinski definition) is 4. The number of fused-ring (bicyclic) bond motifs is 1. The number of carbonyl (C=O) groups is 1. The molecule has 31 heavy (non-hydrogen) atoms. The molecule has 0 aliphatic carbocycles. The Balaban J connectivity index is 1.35. The molecule has 6 nitrogen and oxygen atoms in total. The minimum absolute atomic E-state index is 0.118. The van der Waals surface area contributed by atoms with Gasteiger partial charge in [-0.2, -0.15) is 0 Å². The van der Waals surface area contributed by atoms with E-state index >= 15 is 0 Å². The molecular weight excluding hydrogens is 404 g/mol. The lowest BCUT2D eigenvalue weighted by atomic mass is 10.2. The van der Waals surface area contributed by atoms with E-state index in [1.807, 2.05) is 0 Å². The van der Waals surface area contributed by atoms with Gasteiger partial charge in [-0.1, -0.05) is 12.1 Å². The molecule has 0 aliphatic rings. The normalized spacial score (nSPS) is 10.8. The highest BCUT2D eigenvalue weighted by Crippen LogP contribution is 2.21. The first-order chi connectivity index (χ1) is 15.0. The zero-order valence-corrected chi connectivity index (χ0v) is 16.2. The molecule has 0 unspecified atom stereocenters. The molecule has 0 fully saturated rings. The minimum Gasteiger partial charge on any atom is -0.457 e. The third-order valence-corrected chi connectivity index (χ3v) is 4.56. The lowest BCUT2D eigenvalue weighted by Crippen LogP contribution is -2.32. The second-order valence-corrected chi connectivity index (χ2v) is 6.82. The number of nitrogens with zero attached hydrogens (tertiary/aromatic N) is 2. The van der Waals surface area contributed by atoms with Crippen LogP contribution in [0.15, 0.2) is 77.9 Å². The molecule has 1 N–H and O–H groups in total. The smallest absolute Gasteiger partial charge is 0.261 e. The highest BCUT2D eigenvalue weighted by Gasteiger charge is 2.09. The summed E-state index contributed by atoms with van der Waals surface area (Å²) in [6, 6.07) is 16.5. The molecule has 0 aliphatic heterocycles. The van der Waals surface area contributed by atoms with Gasteiger partial charge in [-0.25, -0.2) is 13.8 Å². The van der Waals surface area contributed by atoms with Crippen LogP contribution in [-0.4, -0.2) is 15.5 Å². The topological polar surface area (TPSA) is 73.2 Å². The van der Waals surface area contributed by atoms with Crippen molar-refractivity contribution in [1.29, 1.82) is 0 Å². The number of carbonyl (C=O) groups excluding carboxylic acids is 1. The van der Waals surface area contributed by atoms with E-state index in [0.29, 0.717) is 17.0 Å². The summed E-state index contributed by atoms with van der Waals surface area (Å²) < 4.78 is 33.1. The number of halogens is 2. The van der Waals surface area contributed by atoms with Crippen molar-refractivity contribution >= 4 is 16.8 Å². The molecule has 156 valence electrons. The van der Waals surface area contributed by atoms with Crippen LogP contribution in [0.3, 0.4) is 0 Å². The van der Waals surface area contributed by atoms with Crippen molar-refractivity contribution in [3.05, 3.63) is 101 Å². The predicted octanol–water partition coefficient (Wildman–Crippen LogP) is 3.78. The Hall–Kier alpha value is -4.07. The van der Waals surface area contributed by atoms with E-state index in [2.05, 4.69) is 10.3 Å². The molecule has 1 aromatic heterocycles. The van der Waals surface area contributed by atoms with Crippen LogP contribution < -0.4 is 15.6 Å². The Labute approximate surface area is 175 Å². The summed E-state index contributed by atoms with van der Waals surface area (Å²) in [6.45, 7) is 0.0180. The molecule has 0 saturated heterocycles. The Morgan fingerprint density at radius 1 is 0.935 bits per heavy atom. The zero-order chi connectivity index (χ0) is 21.8. The summed E-state index contributed by atoms with van der Waals surface area (Å²) in [5, 5.41) is 2.84. The first kappa shape index (κ1) is 20.2. The summed E-state index contributed by atoms with van der Waals surface area (Å²) in [7, 11) is 0. The molecule has 0 atom stereocenters.